The van der Waals surface area contributed by atoms with Gasteiger partial charge in [0, 0.05) is 11.1 Å². The first-order valence-corrected chi connectivity index (χ1v) is 7.44. The molecule has 3 rings (SSSR count). The van der Waals surface area contributed by atoms with E-state index in [-0.39, 0.29) is 5.82 Å². The van der Waals surface area contributed by atoms with Crippen LogP contribution in [-0.2, 0) is 6.54 Å². The largest absolute Gasteiger partial charge is 0.331 e. The molecular formula is C14H9BrClFN2S. The Bertz CT molecular complexity index is 856. The van der Waals surface area contributed by atoms with Gasteiger partial charge in [0.1, 0.15) is 5.82 Å². The molecule has 0 unspecified atom stereocenters. The van der Waals surface area contributed by atoms with Crippen LogP contribution in [0.25, 0.3) is 11.0 Å². The van der Waals surface area contributed by atoms with Crippen molar-refractivity contribution in [2.24, 2.45) is 0 Å². The summed E-state index contributed by atoms with van der Waals surface area (Å²) in [6, 6.07) is 10.7. The summed E-state index contributed by atoms with van der Waals surface area (Å²) >= 11 is 14.5. The van der Waals surface area contributed by atoms with Crippen molar-refractivity contribution >= 4 is 50.8 Å². The zero-order valence-electron chi connectivity index (χ0n) is 10.2. The first-order valence-electron chi connectivity index (χ1n) is 5.86. The van der Waals surface area contributed by atoms with Crippen LogP contribution in [0.15, 0.2) is 40.9 Å². The Labute approximate surface area is 133 Å². The summed E-state index contributed by atoms with van der Waals surface area (Å²) in [4.78, 5) is 3.08. The fourth-order valence-electron chi connectivity index (χ4n) is 2.13. The molecule has 1 aromatic heterocycles. The van der Waals surface area contributed by atoms with Gasteiger partial charge in [0.15, 0.2) is 4.77 Å². The molecule has 0 spiro atoms. The lowest BCUT2D eigenvalue weighted by atomic mass is 10.2. The highest BCUT2D eigenvalue weighted by Gasteiger charge is 2.09. The third-order valence-corrected chi connectivity index (χ3v) is 4.21. The fourth-order valence-corrected chi connectivity index (χ4v) is 2.96. The molecule has 1 heterocycles. The lowest BCUT2D eigenvalue weighted by molar-refractivity contribution is 0.622. The average molecular weight is 372 g/mol. The van der Waals surface area contributed by atoms with Gasteiger partial charge in [-0.15, -0.1) is 0 Å². The van der Waals surface area contributed by atoms with Crippen molar-refractivity contribution in [2.75, 3.05) is 0 Å². The number of fused-ring (bicyclic) bond motifs is 1. The number of imidazole rings is 1. The fraction of sp³-hybridized carbons (Fsp3) is 0.0714. The number of nitrogens with one attached hydrogen (secondary N) is 1. The maximum Gasteiger partial charge on any atom is 0.178 e. The number of rotatable bonds is 2. The third-order valence-electron chi connectivity index (χ3n) is 3.05. The topological polar surface area (TPSA) is 20.7 Å². The second kappa shape index (κ2) is 5.31. The summed E-state index contributed by atoms with van der Waals surface area (Å²) < 4.78 is 16.5. The van der Waals surface area contributed by atoms with Gasteiger partial charge in [0.2, 0.25) is 0 Å². The van der Waals surface area contributed by atoms with E-state index in [2.05, 4.69) is 20.9 Å². The van der Waals surface area contributed by atoms with E-state index < -0.39 is 0 Å². The van der Waals surface area contributed by atoms with Crippen LogP contribution >= 0.6 is 39.7 Å². The summed E-state index contributed by atoms with van der Waals surface area (Å²) in [5.41, 5.74) is 2.54. The Hall–Kier alpha value is -1.17. The Morgan fingerprint density at radius 2 is 2.10 bits per heavy atom. The number of H-pyrrole nitrogens is 1. The van der Waals surface area contributed by atoms with Crippen molar-refractivity contribution in [3.63, 3.8) is 0 Å². The molecule has 0 saturated carbocycles. The molecular weight excluding hydrogens is 363 g/mol. The van der Waals surface area contributed by atoms with E-state index in [9.17, 15) is 4.39 Å². The first kappa shape index (κ1) is 13.8. The molecule has 2 nitrogen and oxygen atoms in total. The van der Waals surface area contributed by atoms with E-state index in [1.54, 1.807) is 6.07 Å². The number of hydrogen-bond donors (Lipinski definition) is 1. The molecule has 1 N–H and O–H groups in total. The van der Waals surface area contributed by atoms with Crippen molar-refractivity contribution in [1.29, 1.82) is 0 Å². The van der Waals surface area contributed by atoms with Gasteiger partial charge in [0.05, 0.1) is 22.1 Å². The second-order valence-electron chi connectivity index (χ2n) is 4.43. The first-order chi connectivity index (χ1) is 9.54. The molecule has 0 bridgehead atoms. The number of aromatic amines is 1. The van der Waals surface area contributed by atoms with Gasteiger partial charge in [-0.3, -0.25) is 0 Å². The number of halogens is 3. The van der Waals surface area contributed by atoms with Crippen LogP contribution in [0.2, 0.25) is 5.02 Å². The molecule has 0 aliphatic heterocycles. The van der Waals surface area contributed by atoms with Crippen molar-refractivity contribution in [3.8, 4) is 0 Å². The number of aromatic nitrogens is 2. The minimum Gasteiger partial charge on any atom is -0.331 e. The Morgan fingerprint density at radius 3 is 2.85 bits per heavy atom. The van der Waals surface area contributed by atoms with Crippen molar-refractivity contribution < 1.29 is 4.39 Å². The number of nitrogens with zero attached hydrogens (tertiary/aromatic N) is 1. The van der Waals surface area contributed by atoms with E-state index in [0.29, 0.717) is 20.8 Å². The zero-order chi connectivity index (χ0) is 14.3. The molecule has 20 heavy (non-hydrogen) atoms. The molecule has 2 aromatic carbocycles. The summed E-state index contributed by atoms with van der Waals surface area (Å²) in [6.45, 7) is 0.542. The molecule has 0 radical (unpaired) electrons. The van der Waals surface area contributed by atoms with E-state index in [1.807, 2.05) is 28.8 Å². The normalized spacial score (nSPS) is 11.2. The van der Waals surface area contributed by atoms with Gasteiger partial charge in [0.25, 0.3) is 0 Å². The molecule has 0 saturated heterocycles. The Morgan fingerprint density at radius 1 is 1.30 bits per heavy atom. The maximum atomic E-state index is 13.7. The van der Waals surface area contributed by atoms with Gasteiger partial charge in [-0.2, -0.15) is 0 Å². The highest BCUT2D eigenvalue weighted by atomic mass is 79.9. The summed E-state index contributed by atoms with van der Waals surface area (Å²) in [6.07, 6.45) is 0. The molecule has 0 amide bonds. The minimum atomic E-state index is -0.314. The smallest absolute Gasteiger partial charge is 0.178 e. The van der Waals surface area contributed by atoms with E-state index >= 15 is 0 Å². The lowest BCUT2D eigenvalue weighted by Gasteiger charge is -2.06. The predicted octanol–water partition coefficient (Wildman–Crippen LogP) is 5.30. The van der Waals surface area contributed by atoms with E-state index in [1.165, 1.54) is 6.07 Å². The van der Waals surface area contributed by atoms with Crippen LogP contribution in [-0.4, -0.2) is 9.55 Å². The number of benzene rings is 2. The summed E-state index contributed by atoms with van der Waals surface area (Å²) in [7, 11) is 0. The van der Waals surface area contributed by atoms with Gasteiger partial charge in [-0.25, -0.2) is 4.39 Å². The zero-order valence-corrected chi connectivity index (χ0v) is 13.3. The predicted molar refractivity (Wildman–Crippen MR) is 85.3 cm³/mol. The third kappa shape index (κ3) is 2.53. The molecule has 6 heteroatoms. The quantitative estimate of drug-likeness (QED) is 0.606. The van der Waals surface area contributed by atoms with Crippen molar-refractivity contribution in [1.82, 2.24) is 9.55 Å². The van der Waals surface area contributed by atoms with Gasteiger partial charge in [-0.05, 0) is 51.9 Å². The van der Waals surface area contributed by atoms with Crippen LogP contribution in [0, 0.1) is 10.6 Å². The molecule has 0 atom stereocenters. The van der Waals surface area contributed by atoms with Crippen LogP contribution in [0.1, 0.15) is 5.56 Å². The second-order valence-corrected chi connectivity index (χ2v) is 6.11. The summed E-state index contributed by atoms with van der Waals surface area (Å²) in [5.74, 6) is -0.314. The van der Waals surface area contributed by atoms with Crippen LogP contribution in [0.3, 0.4) is 0 Å². The molecule has 0 aliphatic carbocycles. The SMILES string of the molecule is Fc1cc2c(cc1Br)[nH]c(=S)n2Cc1cccc(Cl)c1. The minimum absolute atomic E-state index is 0.314. The Kier molecular flexibility index (Phi) is 3.67. The highest BCUT2D eigenvalue weighted by Crippen LogP contribution is 2.24. The molecule has 3 aromatic rings. The average Bonchev–Trinajstić information content (AvgIpc) is 2.67. The van der Waals surface area contributed by atoms with Crippen molar-refractivity contribution in [2.45, 2.75) is 6.54 Å². The standard InChI is InChI=1S/C14H9BrClFN2S/c15-10-5-12-13(6-11(10)17)19(14(20)18-12)7-8-2-1-3-9(16)4-8/h1-6H,7H2,(H,18,20). The van der Waals surface area contributed by atoms with Gasteiger partial charge < -0.3 is 9.55 Å². The van der Waals surface area contributed by atoms with Crippen LogP contribution in [0.4, 0.5) is 4.39 Å². The lowest BCUT2D eigenvalue weighted by Crippen LogP contribution is -1.99. The van der Waals surface area contributed by atoms with E-state index in [0.717, 1.165) is 16.6 Å². The number of hydrogen-bond acceptors (Lipinski definition) is 1. The molecule has 102 valence electrons. The Balaban J connectivity index is 2.14. The maximum absolute atomic E-state index is 13.7. The van der Waals surface area contributed by atoms with Crippen LogP contribution < -0.4 is 0 Å². The summed E-state index contributed by atoms with van der Waals surface area (Å²) in [5, 5.41) is 0.669. The molecule has 0 aliphatic rings. The van der Waals surface area contributed by atoms with Crippen LogP contribution in [0.5, 0.6) is 0 Å². The van der Waals surface area contributed by atoms with Crippen molar-refractivity contribution in [3.05, 3.63) is 62.0 Å². The molecule has 0 fully saturated rings. The van der Waals surface area contributed by atoms with Gasteiger partial charge >= 0.3 is 0 Å². The monoisotopic (exact) mass is 370 g/mol. The van der Waals surface area contributed by atoms with E-state index in [4.69, 9.17) is 23.8 Å². The highest BCUT2D eigenvalue weighted by molar-refractivity contribution is 9.10. The van der Waals surface area contributed by atoms with Gasteiger partial charge in [-0.1, -0.05) is 23.7 Å².